The lowest BCUT2D eigenvalue weighted by atomic mass is 10.1. The summed E-state index contributed by atoms with van der Waals surface area (Å²) in [5.41, 5.74) is 9.43. The molecule has 174 valence electrons. The number of anilines is 1. The summed E-state index contributed by atoms with van der Waals surface area (Å²) in [4.78, 5) is 16.8. The van der Waals surface area contributed by atoms with Gasteiger partial charge in [-0.15, -0.1) is 0 Å². The van der Waals surface area contributed by atoms with Crippen LogP contribution in [-0.4, -0.2) is 47.6 Å². The van der Waals surface area contributed by atoms with Crippen molar-refractivity contribution < 1.29 is 22.7 Å². The summed E-state index contributed by atoms with van der Waals surface area (Å²) in [6.07, 6.45) is -2.75. The van der Waals surface area contributed by atoms with Crippen LogP contribution in [-0.2, 0) is 0 Å². The number of amides is 1. The quantitative estimate of drug-likeness (QED) is 0.386. The number of alkyl halides is 3. The summed E-state index contributed by atoms with van der Waals surface area (Å²) in [5, 5.41) is 13.2. The lowest BCUT2D eigenvalue weighted by molar-refractivity contribution is -0.123. The summed E-state index contributed by atoms with van der Waals surface area (Å²) < 4.78 is 42.5. The van der Waals surface area contributed by atoms with Crippen LogP contribution in [0.5, 0.6) is 5.75 Å². The molecule has 1 aliphatic heterocycles. The van der Waals surface area contributed by atoms with Gasteiger partial charge in [-0.2, -0.15) is 23.7 Å². The van der Waals surface area contributed by atoms with Gasteiger partial charge in [-0.3, -0.25) is 9.89 Å². The number of halogens is 3. The fraction of sp³-hybridized carbons (Fsp3) is 0.286. The second kappa shape index (κ2) is 8.28. The molecule has 2 heterocycles. The first-order chi connectivity index (χ1) is 15.6. The molecular formula is C21H22F3N7O2. The molecule has 0 aliphatic carbocycles. The number of amidine groups is 1. The third kappa shape index (κ3) is 4.70. The Morgan fingerprint density at radius 3 is 2.76 bits per heavy atom. The van der Waals surface area contributed by atoms with E-state index in [1.165, 1.54) is 19.2 Å². The highest BCUT2D eigenvalue weighted by Crippen LogP contribution is 2.28. The second-order valence-corrected chi connectivity index (χ2v) is 7.69. The smallest absolute Gasteiger partial charge is 0.405 e. The summed E-state index contributed by atoms with van der Waals surface area (Å²) in [6.45, 7) is 2.38. The lowest BCUT2D eigenvalue weighted by Gasteiger charge is -2.24. The van der Waals surface area contributed by atoms with Crippen molar-refractivity contribution in [1.82, 2.24) is 26.4 Å². The number of hydrogen-bond acceptors (Lipinski definition) is 7. The molecule has 33 heavy (non-hydrogen) atoms. The van der Waals surface area contributed by atoms with Gasteiger partial charge in [0.25, 0.3) is 5.91 Å². The Bertz CT molecular complexity index is 1240. The second-order valence-electron chi connectivity index (χ2n) is 7.69. The van der Waals surface area contributed by atoms with Crippen LogP contribution in [0.2, 0.25) is 0 Å². The monoisotopic (exact) mass is 461 g/mol. The molecule has 1 atom stereocenters. The first-order valence-electron chi connectivity index (χ1n) is 9.96. The number of aromatic nitrogens is 2. The number of carbonyl (C=O) groups is 1. The minimum absolute atomic E-state index is 0.0121. The number of benzene rings is 2. The predicted octanol–water partition coefficient (Wildman–Crippen LogP) is 2.81. The number of aryl methyl sites for hydroxylation is 1. The highest BCUT2D eigenvalue weighted by atomic mass is 19.4. The van der Waals surface area contributed by atoms with Crippen LogP contribution in [0.1, 0.15) is 28.4 Å². The van der Waals surface area contributed by atoms with Crippen molar-refractivity contribution in [2.75, 3.05) is 19.0 Å². The van der Waals surface area contributed by atoms with Crippen molar-refractivity contribution in [3.05, 3.63) is 53.2 Å². The number of H-pyrrole nitrogens is 1. The number of hydrogen-bond donors (Lipinski definition) is 5. The van der Waals surface area contributed by atoms with Gasteiger partial charge < -0.3 is 20.8 Å². The topological polar surface area (TPSA) is 115 Å². The van der Waals surface area contributed by atoms with Crippen molar-refractivity contribution in [3.8, 4) is 5.75 Å². The van der Waals surface area contributed by atoms with E-state index in [0.717, 1.165) is 22.2 Å². The van der Waals surface area contributed by atoms with E-state index < -0.39 is 24.4 Å². The molecule has 5 N–H and O–H groups in total. The molecular weight excluding hydrogens is 439 g/mol. The molecule has 1 amide bonds. The third-order valence-corrected chi connectivity index (χ3v) is 5.20. The Morgan fingerprint density at radius 2 is 2.03 bits per heavy atom. The molecule has 4 rings (SSSR count). The summed E-state index contributed by atoms with van der Waals surface area (Å²) >= 11 is 0. The Hall–Kier alpha value is -3.80. The van der Waals surface area contributed by atoms with Gasteiger partial charge in [-0.1, -0.05) is 6.07 Å². The largest absolute Gasteiger partial charge is 0.496 e. The van der Waals surface area contributed by atoms with E-state index in [0.29, 0.717) is 11.4 Å². The fourth-order valence-corrected chi connectivity index (χ4v) is 3.51. The van der Waals surface area contributed by atoms with Crippen molar-refractivity contribution in [2.45, 2.75) is 25.8 Å². The number of nitrogens with one attached hydrogen (secondary N) is 5. The zero-order valence-electron chi connectivity index (χ0n) is 18.0. The first-order valence-corrected chi connectivity index (χ1v) is 9.96. The minimum Gasteiger partial charge on any atom is -0.496 e. The molecule has 0 fully saturated rings. The molecule has 12 heteroatoms. The maximum Gasteiger partial charge on any atom is 0.405 e. The van der Waals surface area contributed by atoms with E-state index in [1.807, 2.05) is 31.3 Å². The predicted molar refractivity (Wildman–Crippen MR) is 117 cm³/mol. The van der Waals surface area contributed by atoms with Gasteiger partial charge in [-0.05, 0) is 43.7 Å². The molecule has 3 aromatic rings. The fourth-order valence-electron chi connectivity index (χ4n) is 3.51. The molecule has 0 radical (unpaired) electrons. The van der Waals surface area contributed by atoms with Crippen molar-refractivity contribution in [2.24, 2.45) is 4.99 Å². The maximum atomic E-state index is 12.4. The number of nitrogens with zero attached hydrogens (tertiary/aromatic N) is 2. The third-order valence-electron chi connectivity index (χ3n) is 5.20. The number of hydrazine groups is 1. The van der Waals surface area contributed by atoms with Crippen LogP contribution in [0.15, 0.2) is 41.5 Å². The van der Waals surface area contributed by atoms with E-state index in [4.69, 9.17) is 4.74 Å². The van der Waals surface area contributed by atoms with Gasteiger partial charge in [0.15, 0.2) is 0 Å². The summed E-state index contributed by atoms with van der Waals surface area (Å²) in [7, 11) is 1.34. The van der Waals surface area contributed by atoms with Crippen LogP contribution >= 0.6 is 0 Å². The van der Waals surface area contributed by atoms with Crippen LogP contribution in [0.25, 0.3) is 10.9 Å². The van der Waals surface area contributed by atoms with E-state index in [2.05, 4.69) is 31.4 Å². The zero-order chi connectivity index (χ0) is 23.8. The molecule has 9 nitrogen and oxygen atoms in total. The Balaban J connectivity index is 1.55. The molecule has 1 aliphatic rings. The zero-order valence-corrected chi connectivity index (χ0v) is 18.0. The Morgan fingerprint density at radius 1 is 1.24 bits per heavy atom. The highest BCUT2D eigenvalue weighted by Gasteiger charge is 2.31. The first kappa shape index (κ1) is 22.4. The van der Waals surface area contributed by atoms with Crippen LogP contribution in [0.3, 0.4) is 0 Å². The number of aromatic amines is 1. The standard InChI is InChI=1S/C21H22F3N7O2/c1-11-14-9-26-29-16(14)7-6-15(11)27-20(2)28-18(30-31-20)12-4-5-13(17(8-12)33-3)19(32)25-10-21(22,23)24/h4-9,27,31H,10H2,1-3H3,(H,25,32)(H,26,29)(H,28,30). The molecule has 1 aromatic heterocycles. The number of methoxy groups -OCH3 is 1. The van der Waals surface area contributed by atoms with Crippen LogP contribution in [0, 0.1) is 6.92 Å². The highest BCUT2D eigenvalue weighted by molar-refractivity contribution is 6.03. The number of carbonyl (C=O) groups excluding carboxylic acids is 1. The Labute approximate surface area is 186 Å². The summed E-state index contributed by atoms with van der Waals surface area (Å²) in [5.74, 6) is -1.19. The number of aliphatic imine (C=N–C) groups is 1. The average Bonchev–Trinajstić information content (AvgIpc) is 3.40. The van der Waals surface area contributed by atoms with Crippen molar-refractivity contribution >= 4 is 28.3 Å². The van der Waals surface area contributed by atoms with E-state index >= 15 is 0 Å². The minimum atomic E-state index is -4.51. The molecule has 2 aromatic carbocycles. The molecule has 0 saturated heterocycles. The Kier molecular flexibility index (Phi) is 5.62. The van der Waals surface area contributed by atoms with Gasteiger partial charge in [0.1, 0.15) is 18.1 Å². The van der Waals surface area contributed by atoms with E-state index in [9.17, 15) is 18.0 Å². The van der Waals surface area contributed by atoms with Gasteiger partial charge in [0.05, 0.1) is 24.4 Å². The van der Waals surface area contributed by atoms with Gasteiger partial charge in [0.2, 0.25) is 5.79 Å². The van der Waals surface area contributed by atoms with Gasteiger partial charge >= 0.3 is 6.18 Å². The molecule has 0 bridgehead atoms. The summed E-state index contributed by atoms with van der Waals surface area (Å²) in [6, 6.07) is 8.34. The SMILES string of the molecule is COc1cc(C2=NC(C)(Nc3ccc4[nH]ncc4c3C)NN2)ccc1C(=O)NCC(F)(F)F. The van der Waals surface area contributed by atoms with Crippen molar-refractivity contribution in [3.63, 3.8) is 0 Å². The van der Waals surface area contributed by atoms with Gasteiger partial charge in [-0.25, -0.2) is 4.99 Å². The number of rotatable bonds is 6. The van der Waals surface area contributed by atoms with Crippen LogP contribution in [0.4, 0.5) is 18.9 Å². The van der Waals surface area contributed by atoms with Crippen LogP contribution < -0.4 is 26.2 Å². The van der Waals surface area contributed by atoms with Gasteiger partial charge in [0, 0.05) is 16.6 Å². The van der Waals surface area contributed by atoms with E-state index in [-0.39, 0.29) is 11.3 Å². The lowest BCUT2D eigenvalue weighted by Crippen LogP contribution is -2.49. The van der Waals surface area contributed by atoms with Crippen molar-refractivity contribution in [1.29, 1.82) is 0 Å². The normalized spacial score (nSPS) is 18.1. The average molecular weight is 461 g/mol. The molecule has 0 saturated carbocycles. The maximum absolute atomic E-state index is 12.4. The number of fused-ring (bicyclic) bond motifs is 1. The molecule has 1 unspecified atom stereocenters. The number of ether oxygens (including phenoxy) is 1. The van der Waals surface area contributed by atoms with E-state index in [1.54, 1.807) is 12.3 Å². The molecule has 0 spiro atoms.